The van der Waals surface area contributed by atoms with E-state index in [1.807, 2.05) is 19.4 Å². The van der Waals surface area contributed by atoms with Gasteiger partial charge in [-0.3, -0.25) is 14.4 Å². The largest absolute Gasteiger partial charge is 0.492 e. The van der Waals surface area contributed by atoms with E-state index in [2.05, 4.69) is 15.5 Å². The number of carbonyl (C=O) groups is 1. The summed E-state index contributed by atoms with van der Waals surface area (Å²) in [6, 6.07) is 13.3. The van der Waals surface area contributed by atoms with Crippen LogP contribution in [0.1, 0.15) is 6.92 Å². The van der Waals surface area contributed by atoms with Crippen LogP contribution in [0.3, 0.4) is 0 Å². The second-order valence-corrected chi connectivity index (χ2v) is 11.0. The SMILES string of the molecule is CCOc1ccccc1N(CC(=O)Nc1nnc(SC)s1)S(=O)(=O)c1ccc(SC)cc1. The molecule has 0 spiro atoms. The van der Waals surface area contributed by atoms with Crippen LogP contribution in [-0.2, 0) is 14.8 Å². The minimum atomic E-state index is -4.06. The summed E-state index contributed by atoms with van der Waals surface area (Å²) in [5.74, 6) is -0.169. The zero-order valence-corrected chi connectivity index (χ0v) is 20.9. The number of rotatable bonds is 10. The van der Waals surface area contributed by atoms with Gasteiger partial charge >= 0.3 is 0 Å². The average molecular weight is 511 g/mol. The molecular weight excluding hydrogens is 489 g/mol. The quantitative estimate of drug-likeness (QED) is 0.320. The van der Waals surface area contributed by atoms with E-state index in [1.54, 1.807) is 36.4 Å². The van der Waals surface area contributed by atoms with E-state index in [0.29, 0.717) is 21.8 Å². The van der Waals surface area contributed by atoms with Gasteiger partial charge in [0.2, 0.25) is 11.0 Å². The number of anilines is 2. The van der Waals surface area contributed by atoms with Gasteiger partial charge in [-0.25, -0.2) is 8.42 Å². The Morgan fingerprint density at radius 3 is 2.44 bits per heavy atom. The second kappa shape index (κ2) is 11.0. The van der Waals surface area contributed by atoms with Crippen LogP contribution in [0.25, 0.3) is 0 Å². The third-order valence-corrected chi connectivity index (χ3v) is 8.53. The minimum Gasteiger partial charge on any atom is -0.492 e. The first kappa shape index (κ1) is 24.4. The number of para-hydroxylation sites is 2. The Kier molecular flexibility index (Phi) is 8.40. The summed E-state index contributed by atoms with van der Waals surface area (Å²) >= 11 is 4.14. The highest BCUT2D eigenvalue weighted by atomic mass is 32.2. The predicted molar refractivity (Wildman–Crippen MR) is 131 cm³/mol. The van der Waals surface area contributed by atoms with E-state index >= 15 is 0 Å². The van der Waals surface area contributed by atoms with Crippen molar-refractivity contribution in [2.24, 2.45) is 0 Å². The molecule has 1 heterocycles. The number of benzene rings is 2. The first-order chi connectivity index (χ1) is 15.4. The smallest absolute Gasteiger partial charge is 0.264 e. The first-order valence-corrected chi connectivity index (χ1v) is 14.2. The number of carbonyl (C=O) groups excluding carboxylic acids is 1. The maximum Gasteiger partial charge on any atom is 0.264 e. The third-order valence-electron chi connectivity index (χ3n) is 4.20. The van der Waals surface area contributed by atoms with Crippen molar-refractivity contribution < 1.29 is 17.9 Å². The molecule has 0 unspecified atom stereocenters. The lowest BCUT2D eigenvalue weighted by Crippen LogP contribution is -2.38. The normalized spacial score (nSPS) is 11.2. The third kappa shape index (κ3) is 5.74. The maximum atomic E-state index is 13.6. The van der Waals surface area contributed by atoms with Crippen LogP contribution >= 0.6 is 34.9 Å². The summed E-state index contributed by atoms with van der Waals surface area (Å²) in [5.41, 5.74) is 0.278. The number of ether oxygens (including phenoxy) is 1. The molecule has 0 bridgehead atoms. The summed E-state index contributed by atoms with van der Waals surface area (Å²) in [4.78, 5) is 13.8. The van der Waals surface area contributed by atoms with Crippen LogP contribution in [0.4, 0.5) is 10.8 Å². The van der Waals surface area contributed by atoms with Gasteiger partial charge in [-0.15, -0.1) is 22.0 Å². The summed E-state index contributed by atoms with van der Waals surface area (Å²) < 4.78 is 34.6. The van der Waals surface area contributed by atoms with E-state index in [9.17, 15) is 13.2 Å². The van der Waals surface area contributed by atoms with Gasteiger partial charge in [0.05, 0.1) is 17.2 Å². The molecule has 3 aromatic rings. The van der Waals surface area contributed by atoms with Crippen LogP contribution in [0.15, 0.2) is 62.7 Å². The average Bonchev–Trinajstić information content (AvgIpc) is 3.25. The molecule has 32 heavy (non-hydrogen) atoms. The molecular formula is C20H22N4O4S4. The molecule has 170 valence electrons. The Bertz CT molecular complexity index is 1170. The fourth-order valence-corrected chi connectivity index (χ4v) is 5.77. The van der Waals surface area contributed by atoms with Crippen LogP contribution in [-0.4, -0.2) is 50.2 Å². The Labute approximate surface area is 199 Å². The molecule has 12 heteroatoms. The highest BCUT2D eigenvalue weighted by Crippen LogP contribution is 2.33. The lowest BCUT2D eigenvalue weighted by molar-refractivity contribution is -0.114. The number of thioether (sulfide) groups is 2. The number of hydrogen-bond donors (Lipinski definition) is 1. The van der Waals surface area contributed by atoms with Crippen molar-refractivity contribution in [1.29, 1.82) is 0 Å². The zero-order chi connectivity index (χ0) is 23.1. The Hall–Kier alpha value is -2.28. The van der Waals surface area contributed by atoms with E-state index in [4.69, 9.17) is 4.74 Å². The molecule has 0 fully saturated rings. The van der Waals surface area contributed by atoms with Crippen LogP contribution in [0.5, 0.6) is 5.75 Å². The molecule has 2 aromatic carbocycles. The van der Waals surface area contributed by atoms with Crippen LogP contribution in [0, 0.1) is 0 Å². The Morgan fingerprint density at radius 1 is 1.09 bits per heavy atom. The highest BCUT2D eigenvalue weighted by molar-refractivity contribution is 8.00. The standard InChI is InChI=1S/C20H22N4O4S4/c1-4-28-17-8-6-5-7-16(17)24(13-18(25)21-19-22-23-20(30-3)31-19)32(26,27)15-11-9-14(29-2)10-12-15/h5-12H,4,13H2,1-3H3,(H,21,22,25). The molecule has 8 nitrogen and oxygen atoms in total. The number of nitrogens with one attached hydrogen (secondary N) is 1. The van der Waals surface area contributed by atoms with Gasteiger partial charge in [-0.05, 0) is 55.8 Å². The van der Waals surface area contributed by atoms with Gasteiger partial charge in [-0.2, -0.15) is 0 Å². The van der Waals surface area contributed by atoms with Crippen molar-refractivity contribution >= 4 is 61.6 Å². The highest BCUT2D eigenvalue weighted by Gasteiger charge is 2.29. The molecule has 0 saturated heterocycles. The molecule has 0 radical (unpaired) electrons. The molecule has 0 aliphatic heterocycles. The predicted octanol–water partition coefficient (Wildman–Crippen LogP) is 4.21. The molecule has 3 rings (SSSR count). The molecule has 0 atom stereocenters. The van der Waals surface area contributed by atoms with Crippen molar-refractivity contribution in [1.82, 2.24) is 10.2 Å². The molecule has 0 aliphatic carbocycles. The van der Waals surface area contributed by atoms with Gasteiger partial charge in [0.1, 0.15) is 12.3 Å². The summed E-state index contributed by atoms with van der Waals surface area (Å²) in [5, 5.41) is 10.8. The van der Waals surface area contributed by atoms with E-state index in [1.165, 1.54) is 47.0 Å². The summed E-state index contributed by atoms with van der Waals surface area (Å²) in [7, 11) is -4.06. The lowest BCUT2D eigenvalue weighted by atomic mass is 10.3. The minimum absolute atomic E-state index is 0.0787. The van der Waals surface area contributed by atoms with Crippen molar-refractivity contribution in [3.05, 3.63) is 48.5 Å². The van der Waals surface area contributed by atoms with Crippen LogP contribution < -0.4 is 14.4 Å². The first-order valence-electron chi connectivity index (χ1n) is 9.45. The topological polar surface area (TPSA) is 101 Å². The van der Waals surface area contributed by atoms with Gasteiger partial charge in [-0.1, -0.05) is 35.2 Å². The van der Waals surface area contributed by atoms with Crippen molar-refractivity contribution in [2.45, 2.75) is 21.1 Å². The monoisotopic (exact) mass is 510 g/mol. The fraction of sp³-hybridized carbons (Fsp3) is 0.250. The van der Waals surface area contributed by atoms with E-state index in [0.717, 1.165) is 9.20 Å². The molecule has 0 aliphatic rings. The Balaban J connectivity index is 1.98. The molecule has 1 amide bonds. The number of aromatic nitrogens is 2. The second-order valence-electron chi connectivity index (χ2n) is 6.21. The molecule has 0 saturated carbocycles. The lowest BCUT2D eigenvalue weighted by Gasteiger charge is -2.25. The van der Waals surface area contributed by atoms with Gasteiger partial charge < -0.3 is 4.74 Å². The number of amides is 1. The zero-order valence-electron chi connectivity index (χ0n) is 17.6. The van der Waals surface area contributed by atoms with Crippen molar-refractivity contribution in [3.63, 3.8) is 0 Å². The summed E-state index contributed by atoms with van der Waals surface area (Å²) in [6.45, 7) is 1.70. The Morgan fingerprint density at radius 2 is 1.81 bits per heavy atom. The number of hydrogen-bond acceptors (Lipinski definition) is 9. The molecule has 1 N–H and O–H groups in total. The van der Waals surface area contributed by atoms with Gasteiger partial charge in [0, 0.05) is 4.90 Å². The number of nitrogens with zero attached hydrogens (tertiary/aromatic N) is 3. The fourth-order valence-electron chi connectivity index (χ4n) is 2.75. The van der Waals surface area contributed by atoms with Gasteiger partial charge in [0.25, 0.3) is 10.0 Å². The van der Waals surface area contributed by atoms with E-state index in [-0.39, 0.29) is 10.6 Å². The van der Waals surface area contributed by atoms with Crippen molar-refractivity contribution in [3.8, 4) is 5.75 Å². The maximum absolute atomic E-state index is 13.6. The van der Waals surface area contributed by atoms with Crippen molar-refractivity contribution in [2.75, 3.05) is 35.3 Å². The summed E-state index contributed by atoms with van der Waals surface area (Å²) in [6.07, 6.45) is 3.77. The van der Waals surface area contributed by atoms with E-state index < -0.39 is 22.5 Å². The van der Waals surface area contributed by atoms with Gasteiger partial charge in [0.15, 0.2) is 4.34 Å². The molecule has 1 aromatic heterocycles. The van der Waals surface area contributed by atoms with Crippen LogP contribution in [0.2, 0.25) is 0 Å². The number of sulfonamides is 1.